The quantitative estimate of drug-likeness (QED) is 0.891. The lowest BCUT2D eigenvalue weighted by atomic mass is 9.78. The molecule has 1 aromatic heterocycles. The molecule has 3 nitrogen and oxygen atoms in total. The van der Waals surface area contributed by atoms with Crippen molar-refractivity contribution in [3.05, 3.63) is 16.1 Å². The summed E-state index contributed by atoms with van der Waals surface area (Å²) >= 11 is 1.76. The Morgan fingerprint density at radius 1 is 1.44 bits per heavy atom. The molecule has 1 atom stereocenters. The molecule has 1 saturated carbocycles. The maximum absolute atomic E-state index is 5.93. The van der Waals surface area contributed by atoms with Crippen LogP contribution in [-0.4, -0.2) is 30.8 Å². The lowest BCUT2D eigenvalue weighted by Crippen LogP contribution is -2.53. The van der Waals surface area contributed by atoms with E-state index in [9.17, 15) is 0 Å². The van der Waals surface area contributed by atoms with Gasteiger partial charge in [-0.05, 0) is 26.8 Å². The Kier molecular flexibility index (Phi) is 4.76. The molecule has 2 rings (SSSR count). The number of methoxy groups -OCH3 is 1. The molecule has 0 saturated heterocycles. The fourth-order valence-electron chi connectivity index (χ4n) is 3.07. The van der Waals surface area contributed by atoms with Gasteiger partial charge in [-0.1, -0.05) is 19.3 Å². The second-order valence-electron chi connectivity index (χ2n) is 5.26. The topological polar surface area (TPSA) is 34.2 Å². The number of thiazole rings is 1. The molecule has 1 aromatic rings. The van der Waals surface area contributed by atoms with Gasteiger partial charge in [-0.25, -0.2) is 4.98 Å². The number of rotatable bonds is 5. The predicted octanol–water partition coefficient (Wildman–Crippen LogP) is 2.93. The first-order valence-corrected chi connectivity index (χ1v) is 7.71. The number of aromatic nitrogens is 1. The predicted molar refractivity (Wildman–Crippen MR) is 76.2 cm³/mol. The van der Waals surface area contributed by atoms with Crippen LogP contribution in [0.1, 0.15) is 42.8 Å². The Labute approximate surface area is 114 Å². The summed E-state index contributed by atoms with van der Waals surface area (Å²) in [7, 11) is 3.91. The molecule has 18 heavy (non-hydrogen) atoms. The van der Waals surface area contributed by atoms with Gasteiger partial charge in [-0.2, -0.15) is 0 Å². The third-order valence-electron chi connectivity index (χ3n) is 4.14. The van der Waals surface area contributed by atoms with Crippen LogP contribution in [0.25, 0.3) is 0 Å². The summed E-state index contributed by atoms with van der Waals surface area (Å²) in [6, 6.07) is 0.369. The van der Waals surface area contributed by atoms with Crippen molar-refractivity contribution in [1.82, 2.24) is 10.3 Å². The van der Waals surface area contributed by atoms with Crippen LogP contribution in [0.4, 0.5) is 0 Å². The van der Waals surface area contributed by atoms with E-state index >= 15 is 0 Å². The Bertz CT molecular complexity index is 372. The van der Waals surface area contributed by atoms with Crippen LogP contribution in [0.5, 0.6) is 0 Å². The number of nitrogens with one attached hydrogen (secondary N) is 1. The molecule has 102 valence electrons. The maximum Gasteiger partial charge on any atom is 0.0944 e. The van der Waals surface area contributed by atoms with Crippen molar-refractivity contribution in [2.24, 2.45) is 0 Å². The zero-order chi connectivity index (χ0) is 13.0. The molecule has 0 radical (unpaired) electrons. The van der Waals surface area contributed by atoms with Gasteiger partial charge < -0.3 is 10.1 Å². The number of ether oxygens (including phenoxy) is 1. The van der Waals surface area contributed by atoms with Gasteiger partial charge in [-0.15, -0.1) is 11.3 Å². The fourth-order valence-corrected chi connectivity index (χ4v) is 3.89. The summed E-state index contributed by atoms with van der Waals surface area (Å²) in [5, 5.41) is 6.81. The zero-order valence-corrected chi connectivity index (χ0v) is 12.5. The van der Waals surface area contributed by atoms with Gasteiger partial charge in [0.1, 0.15) is 0 Å². The highest BCUT2D eigenvalue weighted by molar-refractivity contribution is 7.09. The van der Waals surface area contributed by atoms with Crippen LogP contribution in [0.2, 0.25) is 0 Å². The Balaban J connectivity index is 2.10. The van der Waals surface area contributed by atoms with Crippen molar-refractivity contribution < 1.29 is 4.74 Å². The molecule has 1 fully saturated rings. The van der Waals surface area contributed by atoms with E-state index in [1.165, 1.54) is 37.1 Å². The van der Waals surface area contributed by atoms with Gasteiger partial charge in [0, 0.05) is 30.6 Å². The third-order valence-corrected chi connectivity index (χ3v) is 5.12. The number of hydrogen-bond donors (Lipinski definition) is 1. The summed E-state index contributed by atoms with van der Waals surface area (Å²) in [4.78, 5) is 4.58. The Morgan fingerprint density at radius 3 is 2.67 bits per heavy atom. The number of nitrogens with zero attached hydrogens (tertiary/aromatic N) is 1. The minimum Gasteiger partial charge on any atom is -0.377 e. The minimum absolute atomic E-state index is 0.00652. The van der Waals surface area contributed by atoms with E-state index in [2.05, 4.69) is 22.6 Å². The molecule has 0 amide bonds. The van der Waals surface area contributed by atoms with Crippen LogP contribution in [0.3, 0.4) is 0 Å². The second kappa shape index (κ2) is 6.13. The van der Waals surface area contributed by atoms with Gasteiger partial charge in [0.25, 0.3) is 0 Å². The third kappa shape index (κ3) is 2.92. The molecule has 1 aliphatic rings. The van der Waals surface area contributed by atoms with Crippen LogP contribution in [0, 0.1) is 6.92 Å². The second-order valence-corrected chi connectivity index (χ2v) is 6.20. The highest BCUT2D eigenvalue weighted by Crippen LogP contribution is 2.35. The molecular weight excluding hydrogens is 244 g/mol. The maximum atomic E-state index is 5.93. The van der Waals surface area contributed by atoms with Crippen molar-refractivity contribution in [1.29, 1.82) is 0 Å². The fraction of sp³-hybridized carbons (Fsp3) is 0.786. The first-order valence-electron chi connectivity index (χ1n) is 6.83. The molecule has 0 spiro atoms. The highest BCUT2D eigenvalue weighted by Gasteiger charge is 2.39. The van der Waals surface area contributed by atoms with Gasteiger partial charge in [0.2, 0.25) is 0 Å². The molecule has 4 heteroatoms. The Hall–Kier alpha value is -0.450. The number of aryl methyl sites for hydroxylation is 1. The summed E-state index contributed by atoms with van der Waals surface area (Å²) in [6.45, 7) is 2.06. The average Bonchev–Trinajstić information content (AvgIpc) is 2.82. The normalized spacial score (nSPS) is 20.8. The molecule has 0 aromatic carbocycles. The largest absolute Gasteiger partial charge is 0.377 e. The number of hydrogen-bond acceptors (Lipinski definition) is 4. The van der Waals surface area contributed by atoms with Crippen molar-refractivity contribution >= 4 is 11.3 Å². The van der Waals surface area contributed by atoms with Gasteiger partial charge >= 0.3 is 0 Å². The highest BCUT2D eigenvalue weighted by atomic mass is 32.1. The molecule has 0 aliphatic heterocycles. The van der Waals surface area contributed by atoms with Gasteiger partial charge in [0.05, 0.1) is 10.6 Å². The molecule has 1 aliphatic carbocycles. The molecule has 1 heterocycles. The van der Waals surface area contributed by atoms with E-state index in [4.69, 9.17) is 4.74 Å². The van der Waals surface area contributed by atoms with Crippen LogP contribution < -0.4 is 5.32 Å². The van der Waals surface area contributed by atoms with E-state index in [-0.39, 0.29) is 5.60 Å². The zero-order valence-electron chi connectivity index (χ0n) is 11.7. The Morgan fingerprint density at radius 2 is 2.17 bits per heavy atom. The van der Waals surface area contributed by atoms with Gasteiger partial charge in [0.15, 0.2) is 0 Å². The standard InChI is InChI=1S/C14H24N2OS/c1-11-10-18-13(16-11)9-12(15-2)14(17-3)7-5-4-6-8-14/h10,12,15H,4-9H2,1-3H3. The summed E-state index contributed by atoms with van der Waals surface area (Å²) < 4.78 is 5.93. The molecule has 1 N–H and O–H groups in total. The first-order chi connectivity index (χ1) is 8.70. The molecule has 0 bridgehead atoms. The van der Waals surface area contributed by atoms with Crippen LogP contribution >= 0.6 is 11.3 Å². The minimum atomic E-state index is 0.00652. The summed E-state index contributed by atoms with van der Waals surface area (Å²) in [5.41, 5.74) is 1.13. The average molecular weight is 268 g/mol. The summed E-state index contributed by atoms with van der Waals surface area (Å²) in [5.74, 6) is 0. The first kappa shape index (κ1) is 14.0. The molecule has 1 unspecified atom stereocenters. The van der Waals surface area contributed by atoms with Crippen molar-refractivity contribution in [3.63, 3.8) is 0 Å². The van der Waals surface area contributed by atoms with Crippen molar-refractivity contribution in [2.45, 2.75) is 57.1 Å². The van der Waals surface area contributed by atoms with E-state index in [0.29, 0.717) is 6.04 Å². The summed E-state index contributed by atoms with van der Waals surface area (Å²) in [6.07, 6.45) is 7.21. The lowest BCUT2D eigenvalue weighted by molar-refractivity contribution is -0.0657. The SMILES string of the molecule is CNC(Cc1nc(C)cs1)C1(OC)CCCCC1. The van der Waals surface area contributed by atoms with E-state index < -0.39 is 0 Å². The van der Waals surface area contributed by atoms with E-state index in [1.54, 1.807) is 11.3 Å². The van der Waals surface area contributed by atoms with Crippen molar-refractivity contribution in [2.75, 3.05) is 14.2 Å². The molecular formula is C14H24N2OS. The van der Waals surface area contributed by atoms with Crippen molar-refractivity contribution in [3.8, 4) is 0 Å². The monoisotopic (exact) mass is 268 g/mol. The van der Waals surface area contributed by atoms with Crippen LogP contribution in [-0.2, 0) is 11.2 Å². The van der Waals surface area contributed by atoms with Gasteiger partial charge in [-0.3, -0.25) is 0 Å². The number of likely N-dealkylation sites (N-methyl/N-ethyl adjacent to an activating group) is 1. The van der Waals surface area contributed by atoms with Crippen LogP contribution in [0.15, 0.2) is 5.38 Å². The van der Waals surface area contributed by atoms with E-state index in [1.807, 2.05) is 14.2 Å². The smallest absolute Gasteiger partial charge is 0.0944 e. The lowest BCUT2D eigenvalue weighted by Gasteiger charge is -2.42. The van der Waals surface area contributed by atoms with E-state index in [0.717, 1.165) is 12.1 Å².